The lowest BCUT2D eigenvalue weighted by molar-refractivity contribution is -0.138. The van der Waals surface area contributed by atoms with Gasteiger partial charge in [-0.3, -0.25) is 4.79 Å². The summed E-state index contributed by atoms with van der Waals surface area (Å²) >= 11 is 0. The molecule has 0 aliphatic rings. The summed E-state index contributed by atoms with van der Waals surface area (Å²) in [5.41, 5.74) is 2.44. The summed E-state index contributed by atoms with van der Waals surface area (Å²) in [5.74, 6) is 0.861. The highest BCUT2D eigenvalue weighted by atomic mass is 16.5. The summed E-state index contributed by atoms with van der Waals surface area (Å²) in [7, 11) is 1.61. The maximum atomic E-state index is 12.5. The number of esters is 4. The van der Waals surface area contributed by atoms with Crippen molar-refractivity contribution in [3.8, 4) is 23.0 Å². The molecule has 0 bridgehead atoms. The van der Waals surface area contributed by atoms with Crippen molar-refractivity contribution < 1.29 is 57.1 Å². The lowest BCUT2D eigenvalue weighted by atomic mass is 10.1. The van der Waals surface area contributed by atoms with E-state index in [2.05, 4.69) is 13.2 Å². The van der Waals surface area contributed by atoms with Crippen LogP contribution in [0.25, 0.3) is 0 Å². The van der Waals surface area contributed by atoms with Gasteiger partial charge in [-0.2, -0.15) is 0 Å². The lowest BCUT2D eigenvalue weighted by Crippen LogP contribution is -2.10. The van der Waals surface area contributed by atoms with Gasteiger partial charge in [-0.05, 0) is 116 Å². The Hall–Kier alpha value is -6.69. The first-order chi connectivity index (χ1) is 30.2. The number of carbonyl (C=O) groups is 5. The Morgan fingerprint density at radius 1 is 0.468 bits per heavy atom. The molecule has 330 valence electrons. The van der Waals surface area contributed by atoms with E-state index in [0.29, 0.717) is 61.0 Å². The van der Waals surface area contributed by atoms with E-state index in [-0.39, 0.29) is 18.5 Å². The van der Waals surface area contributed by atoms with Crippen molar-refractivity contribution in [2.75, 3.05) is 40.1 Å². The van der Waals surface area contributed by atoms with Crippen LogP contribution in [0.2, 0.25) is 0 Å². The number of carbonyl (C=O) groups excluding carboxylic acids is 5. The normalized spacial score (nSPS) is 10.2. The molecule has 0 N–H and O–H groups in total. The zero-order valence-corrected chi connectivity index (χ0v) is 35.6. The first-order valence-electron chi connectivity index (χ1n) is 20.9. The van der Waals surface area contributed by atoms with Gasteiger partial charge in [-0.15, -0.1) is 0 Å². The van der Waals surface area contributed by atoms with Gasteiger partial charge in [-0.1, -0.05) is 63.8 Å². The maximum Gasteiger partial charge on any atom is 0.343 e. The van der Waals surface area contributed by atoms with E-state index in [1.165, 1.54) is 12.2 Å². The Kier molecular flexibility index (Phi) is 24.3. The molecular formula is C50H58O12. The third-order valence-electron chi connectivity index (χ3n) is 9.13. The molecule has 0 saturated heterocycles. The smallest absolute Gasteiger partial charge is 0.343 e. The predicted octanol–water partition coefficient (Wildman–Crippen LogP) is 9.93. The lowest BCUT2D eigenvalue weighted by Gasteiger charge is -2.09. The predicted molar refractivity (Wildman–Crippen MR) is 236 cm³/mol. The van der Waals surface area contributed by atoms with Crippen LogP contribution in [0, 0.1) is 0 Å². The van der Waals surface area contributed by atoms with E-state index in [9.17, 15) is 24.0 Å². The molecule has 0 aliphatic heterocycles. The van der Waals surface area contributed by atoms with E-state index in [0.717, 1.165) is 87.6 Å². The minimum atomic E-state index is -0.509. The second-order valence-electron chi connectivity index (χ2n) is 13.8. The first-order valence-corrected chi connectivity index (χ1v) is 20.9. The van der Waals surface area contributed by atoms with E-state index in [4.69, 9.17) is 33.2 Å². The minimum Gasteiger partial charge on any atom is -0.497 e. The van der Waals surface area contributed by atoms with Crippen molar-refractivity contribution in [3.05, 3.63) is 145 Å². The van der Waals surface area contributed by atoms with Crippen molar-refractivity contribution in [2.45, 2.75) is 70.6 Å². The summed E-state index contributed by atoms with van der Waals surface area (Å²) in [4.78, 5) is 57.1. The van der Waals surface area contributed by atoms with Crippen molar-refractivity contribution in [1.82, 2.24) is 0 Å². The molecule has 0 unspecified atom stereocenters. The van der Waals surface area contributed by atoms with Crippen molar-refractivity contribution >= 4 is 30.2 Å². The number of unbranched alkanes of at least 4 members (excludes halogenated alkanes) is 8. The van der Waals surface area contributed by atoms with Crippen LogP contribution in [0.3, 0.4) is 0 Å². The fourth-order valence-corrected chi connectivity index (χ4v) is 5.60. The molecule has 0 spiro atoms. The molecule has 0 atom stereocenters. The Bertz CT molecular complexity index is 1940. The Labute approximate surface area is 364 Å². The zero-order chi connectivity index (χ0) is 44.6. The van der Waals surface area contributed by atoms with Crippen LogP contribution in [0.15, 0.2) is 122 Å². The van der Waals surface area contributed by atoms with Gasteiger partial charge in [0.05, 0.1) is 51.3 Å². The number of aldehydes is 1. The SMILES string of the molecule is C=CC(=O)OCCCCCCCOc1ccc(C(=O)Oc2ccc(C(=O)OCCc3ccc(OC)cc3)cc2)cc1.C=CC(=O)OCCCCCCCOc1ccc(C=O)cc1. The van der Waals surface area contributed by atoms with Crippen LogP contribution >= 0.6 is 0 Å². The van der Waals surface area contributed by atoms with Gasteiger partial charge in [0, 0.05) is 24.1 Å². The Morgan fingerprint density at radius 3 is 1.35 bits per heavy atom. The number of benzene rings is 4. The average Bonchev–Trinajstić information content (AvgIpc) is 3.31. The Morgan fingerprint density at radius 2 is 0.887 bits per heavy atom. The molecule has 0 fully saturated rings. The molecule has 0 radical (unpaired) electrons. The monoisotopic (exact) mass is 850 g/mol. The molecule has 0 amide bonds. The number of rotatable bonds is 28. The second-order valence-corrected chi connectivity index (χ2v) is 13.8. The summed E-state index contributed by atoms with van der Waals surface area (Å²) in [6.07, 6.45) is 13.6. The van der Waals surface area contributed by atoms with Crippen molar-refractivity contribution in [2.24, 2.45) is 0 Å². The third-order valence-corrected chi connectivity index (χ3v) is 9.13. The quantitative estimate of drug-likeness (QED) is 0.0134. The molecule has 0 heterocycles. The van der Waals surface area contributed by atoms with E-state index < -0.39 is 11.9 Å². The highest BCUT2D eigenvalue weighted by Gasteiger charge is 2.12. The van der Waals surface area contributed by atoms with Gasteiger partial charge in [-0.25, -0.2) is 19.2 Å². The van der Waals surface area contributed by atoms with E-state index in [1.54, 1.807) is 79.9 Å². The third kappa shape index (κ3) is 21.0. The van der Waals surface area contributed by atoms with Crippen LogP contribution in [0.4, 0.5) is 0 Å². The molecular weight excluding hydrogens is 793 g/mol. The van der Waals surface area contributed by atoms with Crippen LogP contribution in [-0.4, -0.2) is 70.3 Å². The molecule has 0 aliphatic carbocycles. The fraction of sp³-hybridized carbons (Fsp3) is 0.340. The van der Waals surface area contributed by atoms with E-state index in [1.807, 2.05) is 24.3 Å². The van der Waals surface area contributed by atoms with Crippen LogP contribution in [0.5, 0.6) is 23.0 Å². The van der Waals surface area contributed by atoms with Gasteiger partial charge < -0.3 is 33.2 Å². The van der Waals surface area contributed by atoms with Gasteiger partial charge in [0.25, 0.3) is 0 Å². The number of hydrogen-bond donors (Lipinski definition) is 0. The molecule has 0 aromatic heterocycles. The average molecular weight is 851 g/mol. The molecule has 62 heavy (non-hydrogen) atoms. The van der Waals surface area contributed by atoms with Crippen molar-refractivity contribution in [3.63, 3.8) is 0 Å². The molecule has 4 aromatic carbocycles. The highest BCUT2D eigenvalue weighted by Crippen LogP contribution is 2.19. The molecule has 0 saturated carbocycles. The molecule has 4 aromatic rings. The Balaban J connectivity index is 0.000000410. The zero-order valence-electron chi connectivity index (χ0n) is 35.6. The first kappa shape index (κ1) is 49.7. The van der Waals surface area contributed by atoms with Crippen LogP contribution < -0.4 is 18.9 Å². The largest absolute Gasteiger partial charge is 0.497 e. The van der Waals surface area contributed by atoms with E-state index >= 15 is 0 Å². The summed E-state index contributed by atoms with van der Waals surface area (Å²) < 4.78 is 37.1. The summed E-state index contributed by atoms with van der Waals surface area (Å²) in [5, 5.41) is 0. The van der Waals surface area contributed by atoms with Crippen LogP contribution in [-0.2, 0) is 30.2 Å². The topological polar surface area (TPSA) is 150 Å². The fourth-order valence-electron chi connectivity index (χ4n) is 5.60. The number of methoxy groups -OCH3 is 1. The van der Waals surface area contributed by atoms with Gasteiger partial charge >= 0.3 is 23.9 Å². The molecule has 4 rings (SSSR count). The maximum absolute atomic E-state index is 12.5. The standard InChI is InChI=1S/C33H36O8.C17H22O4/c1-3-31(34)39-23-8-6-4-5-7-22-38-29-17-11-27(12-18-29)33(36)41-30-19-13-26(14-20-30)32(35)40-24-21-25-9-15-28(37-2)16-10-25;1-2-17(19)21-13-7-5-3-4-6-12-20-16-10-8-15(14-18)9-11-16/h3,9-20H,1,4-8,21-24H2,2H3;2,8-11,14H,1,3-7,12-13H2. The molecule has 12 heteroatoms. The highest BCUT2D eigenvalue weighted by molar-refractivity contribution is 5.92. The van der Waals surface area contributed by atoms with Gasteiger partial charge in [0.1, 0.15) is 29.3 Å². The van der Waals surface area contributed by atoms with Gasteiger partial charge in [0.15, 0.2) is 0 Å². The van der Waals surface area contributed by atoms with Crippen LogP contribution in [0.1, 0.15) is 101 Å². The van der Waals surface area contributed by atoms with Gasteiger partial charge in [0.2, 0.25) is 0 Å². The summed E-state index contributed by atoms with van der Waals surface area (Å²) in [6.45, 7) is 9.08. The van der Waals surface area contributed by atoms with Crippen molar-refractivity contribution in [1.29, 1.82) is 0 Å². The summed E-state index contributed by atoms with van der Waals surface area (Å²) in [6, 6.07) is 27.7. The minimum absolute atomic E-state index is 0.248. The second kappa shape index (κ2) is 30.4. The number of ether oxygens (including phenoxy) is 7. The molecule has 12 nitrogen and oxygen atoms in total. The number of hydrogen-bond acceptors (Lipinski definition) is 12.